The minimum absolute atomic E-state index is 0.0599. The zero-order valence-electron chi connectivity index (χ0n) is 38.1. The number of hydrogen-bond acceptors (Lipinski definition) is 16. The van der Waals surface area contributed by atoms with Gasteiger partial charge in [-0.3, -0.25) is 24.1 Å². The molecule has 18 nitrogen and oxygen atoms in total. The van der Waals surface area contributed by atoms with E-state index in [4.69, 9.17) is 37.9 Å². The van der Waals surface area contributed by atoms with Crippen LogP contribution in [0.4, 0.5) is 14.9 Å². The number of carbonyl (C=O) groups excluding carboxylic acids is 6. The van der Waals surface area contributed by atoms with Crippen molar-refractivity contribution in [3.8, 4) is 5.75 Å². The fourth-order valence-corrected chi connectivity index (χ4v) is 8.04. The third kappa shape index (κ3) is 14.6. The minimum atomic E-state index is -1.40. The number of esters is 2. The lowest BCUT2D eigenvalue weighted by molar-refractivity contribution is -0.314. The van der Waals surface area contributed by atoms with Crippen molar-refractivity contribution in [2.75, 3.05) is 52.4 Å². The second-order valence-electron chi connectivity index (χ2n) is 16.7. The Morgan fingerprint density at radius 1 is 1.05 bits per heavy atom. The number of likely N-dealkylation sites (N-methyl/N-ethyl adjacent to an activating group) is 1. The van der Waals surface area contributed by atoms with Crippen LogP contribution in [0.15, 0.2) is 42.0 Å². The summed E-state index contributed by atoms with van der Waals surface area (Å²) in [4.78, 5) is 78.1. The Bertz CT molecular complexity index is 1840. The van der Waals surface area contributed by atoms with Crippen LogP contribution in [0.1, 0.15) is 67.2 Å². The van der Waals surface area contributed by atoms with E-state index in [-0.39, 0.29) is 62.3 Å². The van der Waals surface area contributed by atoms with E-state index in [1.54, 1.807) is 45.8 Å². The number of aliphatic hydroxyl groups excluding tert-OH is 1. The molecule has 4 rings (SSSR count). The summed E-state index contributed by atoms with van der Waals surface area (Å²) in [5.74, 6) is -4.09. The summed E-state index contributed by atoms with van der Waals surface area (Å²) >= 11 is 0. The number of methoxy groups -OCH3 is 1. The van der Waals surface area contributed by atoms with Crippen molar-refractivity contribution in [1.82, 2.24) is 10.2 Å². The highest BCUT2D eigenvalue weighted by molar-refractivity contribution is 5.92. The van der Waals surface area contributed by atoms with E-state index in [0.717, 1.165) is 11.6 Å². The lowest BCUT2D eigenvalue weighted by Gasteiger charge is -2.48. The zero-order valence-corrected chi connectivity index (χ0v) is 38.1. The number of benzene rings is 1. The van der Waals surface area contributed by atoms with Gasteiger partial charge < -0.3 is 58.0 Å². The summed E-state index contributed by atoms with van der Waals surface area (Å²) < 4.78 is 62.5. The third-order valence-electron chi connectivity index (χ3n) is 11.3. The summed E-state index contributed by atoms with van der Waals surface area (Å²) in [5.41, 5.74) is 1.03. The first-order valence-corrected chi connectivity index (χ1v) is 21.5. The van der Waals surface area contributed by atoms with Gasteiger partial charge in [0.15, 0.2) is 23.6 Å². The fraction of sp³-hybridized carbons (Fsp3) is 0.644. The Labute approximate surface area is 373 Å². The highest BCUT2D eigenvalue weighted by atomic mass is 19.1. The first-order chi connectivity index (χ1) is 30.3. The average molecular weight is 906 g/mol. The number of aliphatic hydroxyl groups is 1. The van der Waals surface area contributed by atoms with Crippen molar-refractivity contribution in [2.24, 2.45) is 11.8 Å². The molecular formula is C45H64FN3O15. The smallest absolute Gasteiger partial charge is 0.414 e. The van der Waals surface area contributed by atoms with E-state index < -0.39 is 103 Å². The molecule has 1 aromatic rings. The molecule has 0 bridgehead atoms. The Morgan fingerprint density at radius 3 is 2.42 bits per heavy atom. The van der Waals surface area contributed by atoms with Crippen LogP contribution in [-0.4, -0.2) is 155 Å². The molecule has 356 valence electrons. The Kier molecular flexibility index (Phi) is 19.8. The number of carbonyl (C=O) groups is 6. The molecule has 1 unspecified atom stereocenters. The van der Waals surface area contributed by atoms with Crippen molar-refractivity contribution < 1.29 is 76.2 Å². The zero-order chi connectivity index (χ0) is 47.2. The predicted octanol–water partition coefficient (Wildman–Crippen LogP) is 3.45. The standard InChI is InChI=1S/C45H64FN3O15/c1-25-10-12-27(3)60-38(54)22-37(62-30(6)52)43(57-9)42(31(16-17-50)20-26(2)35(53)14-11-25)64-44-40(55)39(48(7)8)41(28(4)61-44)59-19-18-58-36-15-13-32(21-34(36)46)49-24-33(63-45(49)56)23-47-29(5)51/h10-11,13-15,17,21,26-28,31,33,37,39-44,55H,12,16,18-20,22-24H2,1-9H3,(H,47,51)/b14-11+,25-10+/t26-,27-,28-,31+,33-,37-,39-,40-,41?,42+,43+,44+/m1/s1. The van der Waals surface area contributed by atoms with Crippen molar-refractivity contribution in [1.29, 1.82) is 0 Å². The van der Waals surface area contributed by atoms with Gasteiger partial charge >= 0.3 is 18.0 Å². The number of anilines is 1. The van der Waals surface area contributed by atoms with Gasteiger partial charge in [-0.15, -0.1) is 0 Å². The molecule has 3 heterocycles. The van der Waals surface area contributed by atoms with E-state index in [1.807, 2.05) is 13.0 Å². The molecule has 64 heavy (non-hydrogen) atoms. The van der Waals surface area contributed by atoms with Gasteiger partial charge in [-0.2, -0.15) is 0 Å². The molecular weight excluding hydrogens is 841 g/mol. The molecule has 2 amide bonds. The number of aldehydes is 1. The van der Waals surface area contributed by atoms with Crippen LogP contribution in [0.25, 0.3) is 0 Å². The number of hydrogen-bond donors (Lipinski definition) is 2. The maximum absolute atomic E-state index is 15.2. The molecule has 2 N–H and O–H groups in total. The summed E-state index contributed by atoms with van der Waals surface area (Å²) in [5, 5.41) is 14.6. The van der Waals surface area contributed by atoms with Crippen LogP contribution >= 0.6 is 0 Å². The molecule has 0 saturated carbocycles. The monoisotopic (exact) mass is 905 g/mol. The van der Waals surface area contributed by atoms with Gasteiger partial charge in [-0.1, -0.05) is 24.6 Å². The number of nitrogens with one attached hydrogen (secondary N) is 1. The lowest BCUT2D eigenvalue weighted by atomic mass is 9.83. The predicted molar refractivity (Wildman–Crippen MR) is 228 cm³/mol. The topological polar surface area (TPSA) is 215 Å². The number of ketones is 1. The molecule has 3 aliphatic heterocycles. The highest BCUT2D eigenvalue weighted by Gasteiger charge is 2.49. The van der Waals surface area contributed by atoms with Crippen LogP contribution < -0.4 is 15.0 Å². The minimum Gasteiger partial charge on any atom is -0.488 e. The lowest BCUT2D eigenvalue weighted by Crippen LogP contribution is -2.64. The van der Waals surface area contributed by atoms with Crippen molar-refractivity contribution in [2.45, 2.75) is 128 Å². The van der Waals surface area contributed by atoms with Crippen molar-refractivity contribution in [3.63, 3.8) is 0 Å². The number of rotatable bonds is 15. The number of cyclic esters (lactones) is 2. The second-order valence-corrected chi connectivity index (χ2v) is 16.7. The summed E-state index contributed by atoms with van der Waals surface area (Å²) in [7, 11) is 4.79. The molecule has 0 aliphatic carbocycles. The molecule has 3 aliphatic rings. The van der Waals surface area contributed by atoms with E-state index in [0.29, 0.717) is 12.7 Å². The first kappa shape index (κ1) is 51.8. The Morgan fingerprint density at radius 2 is 1.78 bits per heavy atom. The van der Waals surface area contributed by atoms with E-state index in [9.17, 15) is 33.9 Å². The summed E-state index contributed by atoms with van der Waals surface area (Å²) in [6.45, 7) is 9.56. The largest absolute Gasteiger partial charge is 0.488 e. The van der Waals surface area contributed by atoms with Crippen molar-refractivity contribution in [3.05, 3.63) is 47.8 Å². The van der Waals surface area contributed by atoms with Gasteiger partial charge in [0.1, 0.15) is 49.5 Å². The van der Waals surface area contributed by atoms with Crippen molar-refractivity contribution >= 4 is 41.7 Å². The molecule has 12 atom stereocenters. The van der Waals surface area contributed by atoms with Crippen LogP contribution in [0, 0.1) is 17.7 Å². The molecule has 2 saturated heterocycles. The van der Waals surface area contributed by atoms with Crippen LogP contribution in [0.5, 0.6) is 5.75 Å². The maximum Gasteiger partial charge on any atom is 0.414 e. The first-order valence-electron chi connectivity index (χ1n) is 21.5. The van der Waals surface area contributed by atoms with Crippen LogP contribution in [-0.2, 0) is 57.1 Å². The normalized spacial score (nSPS) is 32.2. The summed E-state index contributed by atoms with van der Waals surface area (Å²) in [6.07, 6.45) is -4.26. The van der Waals surface area contributed by atoms with Gasteiger partial charge in [-0.25, -0.2) is 9.18 Å². The molecule has 19 heteroatoms. The summed E-state index contributed by atoms with van der Waals surface area (Å²) in [6, 6.07) is 3.26. The van der Waals surface area contributed by atoms with Gasteiger partial charge in [0, 0.05) is 45.8 Å². The number of allylic oxidation sites excluding steroid dienone is 3. The quantitative estimate of drug-likeness (QED) is 0.112. The van der Waals surface area contributed by atoms with E-state index in [1.165, 1.54) is 44.1 Å². The third-order valence-corrected chi connectivity index (χ3v) is 11.3. The van der Waals surface area contributed by atoms with Gasteiger partial charge in [0.2, 0.25) is 5.91 Å². The SMILES string of the molecule is CO[C@@H]1[C@@H](O[C@@H]2O[C@H](C)C(OCCOc3ccc(N4C[C@@H](CNC(C)=O)OC4=O)cc3F)[C@H](N(C)C)[C@H]2O)[C@@H](CC=O)C[C@@H](C)C(=O)/C=C/C(C)=C/C[C@@H](C)OC(=O)C[C@H]1OC(C)=O. The number of ether oxygens (including phenoxy) is 8. The molecule has 0 radical (unpaired) electrons. The maximum atomic E-state index is 15.2. The molecule has 1 aromatic carbocycles. The van der Waals surface area contributed by atoms with Gasteiger partial charge in [0.25, 0.3) is 0 Å². The van der Waals surface area contributed by atoms with Crippen LogP contribution in [0.2, 0.25) is 0 Å². The van der Waals surface area contributed by atoms with Gasteiger partial charge in [-0.05, 0) is 65.4 Å². The fourth-order valence-electron chi connectivity index (χ4n) is 8.04. The number of halogens is 1. The second kappa shape index (κ2) is 24.5. The Balaban J connectivity index is 1.53. The number of nitrogens with zero attached hydrogens (tertiary/aromatic N) is 2. The van der Waals surface area contributed by atoms with Crippen LogP contribution in [0.3, 0.4) is 0 Å². The highest BCUT2D eigenvalue weighted by Crippen LogP contribution is 2.35. The van der Waals surface area contributed by atoms with E-state index in [2.05, 4.69) is 5.32 Å². The van der Waals surface area contributed by atoms with E-state index >= 15 is 4.39 Å². The van der Waals surface area contributed by atoms with Gasteiger partial charge in [0.05, 0.1) is 50.1 Å². The molecule has 0 aromatic heterocycles. The average Bonchev–Trinajstić information content (AvgIpc) is 3.60. The Hall–Kier alpha value is -4.79. The number of amides is 2. The molecule has 0 spiro atoms. The molecule has 2 fully saturated rings.